The number of aliphatic carboxylic acids is 1. The van der Waals surface area contributed by atoms with Crippen LogP contribution in [0.25, 0.3) is 22.3 Å². The third-order valence-corrected chi connectivity index (χ3v) is 9.21. The number of rotatable bonds is 11. The van der Waals surface area contributed by atoms with Gasteiger partial charge in [0.2, 0.25) is 11.6 Å². The molecule has 0 aliphatic heterocycles. The van der Waals surface area contributed by atoms with Crippen LogP contribution in [0.1, 0.15) is 76.3 Å². The van der Waals surface area contributed by atoms with E-state index >= 15 is 0 Å². The molecular weight excluding hydrogens is 742 g/mol. The van der Waals surface area contributed by atoms with Gasteiger partial charge in [0.05, 0.1) is 11.0 Å². The summed E-state index contributed by atoms with van der Waals surface area (Å²) in [7, 11) is 0. The van der Waals surface area contributed by atoms with Gasteiger partial charge in [-0.2, -0.15) is 26.3 Å². The highest BCUT2D eigenvalue weighted by Gasteiger charge is 2.69. The summed E-state index contributed by atoms with van der Waals surface area (Å²) >= 11 is 0. The molecule has 4 heterocycles. The van der Waals surface area contributed by atoms with Gasteiger partial charge in [-0.3, -0.25) is 30.0 Å². The number of amides is 1. The smallest absolute Gasteiger partial charge is 0.404 e. The summed E-state index contributed by atoms with van der Waals surface area (Å²) < 4.78 is 77.5. The number of nitrogens with zero attached hydrogens (tertiary/aromatic N) is 6. The van der Waals surface area contributed by atoms with E-state index < -0.39 is 40.6 Å². The number of hydrogen-bond acceptors (Lipinski definition) is 11. The van der Waals surface area contributed by atoms with Crippen molar-refractivity contribution in [2.45, 2.75) is 105 Å². The summed E-state index contributed by atoms with van der Waals surface area (Å²) in [4.78, 5) is 63.5. The van der Waals surface area contributed by atoms with Crippen molar-refractivity contribution in [1.82, 2.24) is 34.5 Å². The number of aromatic nitrogens is 6. The first-order chi connectivity index (χ1) is 25.8. The molecule has 6 N–H and O–H groups in total. The fraction of sp³-hybridized carbons (Fsp3) is 0.529. The van der Waals surface area contributed by atoms with Crippen molar-refractivity contribution in [2.75, 3.05) is 10.9 Å². The first-order valence-electron chi connectivity index (χ1n) is 17.4. The van der Waals surface area contributed by atoms with Gasteiger partial charge in [0.15, 0.2) is 16.7 Å². The molecule has 0 spiro atoms. The van der Waals surface area contributed by atoms with Gasteiger partial charge in [-0.05, 0) is 75.6 Å². The van der Waals surface area contributed by atoms with E-state index in [0.717, 1.165) is 42.3 Å². The number of nitrogen functional groups attached to an aromatic ring is 1. The number of pyridine rings is 2. The van der Waals surface area contributed by atoms with E-state index in [4.69, 9.17) is 10.9 Å². The van der Waals surface area contributed by atoms with Crippen LogP contribution in [0.4, 0.5) is 38.0 Å². The topological polar surface area (TPSA) is 212 Å². The number of hydrazine groups is 2. The van der Waals surface area contributed by atoms with Gasteiger partial charge < -0.3 is 19.7 Å². The molecule has 55 heavy (non-hydrogen) atoms. The number of nitrogens with two attached hydrogens (primary N) is 1. The van der Waals surface area contributed by atoms with Crippen molar-refractivity contribution in [3.63, 3.8) is 0 Å². The predicted octanol–water partition coefficient (Wildman–Crippen LogP) is 5.28. The van der Waals surface area contributed by atoms with E-state index in [9.17, 15) is 45.5 Å². The lowest BCUT2D eigenvalue weighted by atomic mass is 10.1. The van der Waals surface area contributed by atoms with Crippen LogP contribution in [0.3, 0.4) is 0 Å². The Kier molecular flexibility index (Phi) is 12.8. The van der Waals surface area contributed by atoms with E-state index in [1.807, 2.05) is 32.3 Å². The average molecular weight is 785 g/mol. The first-order valence-corrected chi connectivity index (χ1v) is 17.4. The quantitative estimate of drug-likeness (QED) is 0.0747. The molecule has 21 heteroatoms. The van der Waals surface area contributed by atoms with Gasteiger partial charge in [-0.25, -0.2) is 25.8 Å². The van der Waals surface area contributed by atoms with Crippen molar-refractivity contribution >= 4 is 45.8 Å². The van der Waals surface area contributed by atoms with Crippen LogP contribution in [0.15, 0.2) is 34.1 Å². The zero-order chi connectivity index (χ0) is 40.9. The number of halogens is 6. The highest BCUT2D eigenvalue weighted by Crippen LogP contribution is 2.58. The third-order valence-electron chi connectivity index (χ3n) is 9.21. The summed E-state index contributed by atoms with van der Waals surface area (Å²) in [5, 5.41) is 8.12. The van der Waals surface area contributed by atoms with Crippen molar-refractivity contribution in [2.24, 2.45) is 16.7 Å². The maximum absolute atomic E-state index is 13.0. The second-order valence-electron chi connectivity index (χ2n) is 13.4. The number of unbranched alkanes of at least 4 members (excludes halogenated alkanes) is 2. The lowest BCUT2D eigenvalue weighted by molar-refractivity contribution is -0.202. The van der Waals surface area contributed by atoms with Crippen LogP contribution < -0.4 is 33.2 Å². The summed E-state index contributed by atoms with van der Waals surface area (Å²) in [6.45, 7) is 8.89. The highest BCUT2D eigenvalue weighted by molar-refractivity contribution is 5.87. The van der Waals surface area contributed by atoms with Gasteiger partial charge in [0.1, 0.15) is 5.41 Å². The molecule has 300 valence electrons. The molecule has 0 bridgehead atoms. The van der Waals surface area contributed by atoms with Crippen LogP contribution in [-0.4, -0.2) is 58.4 Å². The molecule has 2 fully saturated rings. The summed E-state index contributed by atoms with van der Waals surface area (Å²) in [5.74, 6) is 2.22. The van der Waals surface area contributed by atoms with Gasteiger partial charge >= 0.3 is 18.3 Å². The summed E-state index contributed by atoms with van der Waals surface area (Å²) in [5.41, 5.74) is 5.04. The minimum atomic E-state index is -4.63. The van der Waals surface area contributed by atoms with E-state index in [-0.39, 0.29) is 48.5 Å². The second-order valence-corrected chi connectivity index (χ2v) is 13.4. The SMILES string of the molecule is CCCCn1c(=O)c(NN)nc2ncc(C)cc21.CCCCn1c(=O)c(NNC(=O)C2(C(F)(F)F)CC2)nc2ncc(C)cc21.O=C(O)C1(C(F)(F)F)CC1. The Labute approximate surface area is 309 Å². The van der Waals surface area contributed by atoms with Gasteiger partial charge in [0, 0.05) is 25.5 Å². The third kappa shape index (κ3) is 9.14. The first kappa shape index (κ1) is 42.4. The number of carbonyl (C=O) groups is 2. The zero-order valence-corrected chi connectivity index (χ0v) is 30.5. The fourth-order valence-corrected chi connectivity index (χ4v) is 5.44. The molecule has 0 radical (unpaired) electrons. The lowest BCUT2D eigenvalue weighted by Gasteiger charge is -2.19. The van der Waals surface area contributed by atoms with E-state index in [0.29, 0.717) is 24.3 Å². The number of nitrogens with one attached hydrogen (secondary N) is 3. The van der Waals surface area contributed by atoms with Crippen LogP contribution in [-0.2, 0) is 22.7 Å². The second kappa shape index (κ2) is 16.6. The molecule has 2 aliphatic carbocycles. The molecule has 1 amide bonds. The van der Waals surface area contributed by atoms with Gasteiger partial charge in [-0.15, -0.1) is 0 Å². The predicted molar refractivity (Wildman–Crippen MR) is 190 cm³/mol. The Morgan fingerprint density at radius 1 is 0.782 bits per heavy atom. The Bertz CT molecular complexity index is 2160. The summed E-state index contributed by atoms with van der Waals surface area (Å²) in [6.07, 6.45) is -3.45. The minimum absolute atomic E-state index is 0.134. The Hall–Kier alpha value is -5.34. The molecule has 2 aliphatic rings. The van der Waals surface area contributed by atoms with Crippen molar-refractivity contribution < 1.29 is 41.0 Å². The summed E-state index contributed by atoms with van der Waals surface area (Å²) in [6, 6.07) is 3.70. The molecule has 0 aromatic carbocycles. The van der Waals surface area contributed by atoms with Crippen molar-refractivity contribution in [3.05, 3.63) is 56.4 Å². The number of aryl methyl sites for hydroxylation is 4. The minimum Gasteiger partial charge on any atom is -0.481 e. The maximum atomic E-state index is 13.0. The normalized spacial score (nSPS) is 15.3. The monoisotopic (exact) mass is 784 g/mol. The largest absolute Gasteiger partial charge is 0.481 e. The molecule has 0 atom stereocenters. The number of carboxylic acid groups (broad SMARTS) is 1. The molecular formula is C34H42F6N10O5. The van der Waals surface area contributed by atoms with Gasteiger partial charge in [-0.1, -0.05) is 26.7 Å². The van der Waals surface area contributed by atoms with Crippen LogP contribution in [0.5, 0.6) is 0 Å². The van der Waals surface area contributed by atoms with Crippen molar-refractivity contribution in [1.29, 1.82) is 0 Å². The number of hydrogen-bond donors (Lipinski definition) is 5. The maximum Gasteiger partial charge on any atom is 0.404 e. The Morgan fingerprint density at radius 2 is 1.20 bits per heavy atom. The number of carboxylic acids is 1. The Balaban J connectivity index is 0.000000205. The molecule has 0 saturated heterocycles. The zero-order valence-electron chi connectivity index (χ0n) is 30.5. The molecule has 15 nitrogen and oxygen atoms in total. The molecule has 4 aromatic rings. The highest BCUT2D eigenvalue weighted by atomic mass is 19.4. The van der Waals surface area contributed by atoms with Crippen LogP contribution in [0.2, 0.25) is 0 Å². The lowest BCUT2D eigenvalue weighted by Crippen LogP contribution is -2.45. The van der Waals surface area contributed by atoms with Crippen LogP contribution in [0, 0.1) is 24.7 Å². The number of fused-ring (bicyclic) bond motifs is 2. The molecule has 2 saturated carbocycles. The molecule has 6 rings (SSSR count). The van der Waals surface area contributed by atoms with E-state index in [1.165, 1.54) is 4.57 Å². The van der Waals surface area contributed by atoms with E-state index in [1.54, 1.807) is 23.0 Å². The average Bonchev–Trinajstić information content (AvgIpc) is 4.04. The van der Waals surface area contributed by atoms with Gasteiger partial charge in [0.25, 0.3) is 17.0 Å². The number of alkyl halides is 6. The number of carbonyl (C=O) groups excluding carboxylic acids is 1. The fourth-order valence-electron chi connectivity index (χ4n) is 5.44. The number of anilines is 2. The van der Waals surface area contributed by atoms with Crippen molar-refractivity contribution in [3.8, 4) is 0 Å². The van der Waals surface area contributed by atoms with E-state index in [2.05, 4.69) is 37.7 Å². The van der Waals surface area contributed by atoms with Crippen LogP contribution >= 0.6 is 0 Å². The standard InChI is InChI=1S/C17H20F3N5O2.C12H17N5O.C5H5F3O2/c1-3-4-7-25-11-8-10(2)9-21-12(11)22-13(14(25)26)23-24-15(27)16(5-6-16)17(18,19)20;1-3-4-5-17-9-6-8(2)7-14-10(9)15-11(16-13)12(17)18;6-5(7,8)4(1-2-4)3(9)10/h8-9H,3-7H2,1-2H3,(H,24,27)(H,21,22,23);6-7H,3-5,13H2,1-2H3,(H,14,15,16);1-2H2,(H,9,10). The Morgan fingerprint density at radius 3 is 1.55 bits per heavy atom. The molecule has 0 unspecified atom stereocenters. The molecule has 4 aromatic heterocycles.